The fourth-order valence-corrected chi connectivity index (χ4v) is 1.26. The molecule has 0 spiro atoms. The molecule has 0 aromatic heterocycles. The normalized spacial score (nSPS) is 25.2. The first-order valence-electron chi connectivity index (χ1n) is 3.78. The largest absolute Gasteiger partial charge is 0.383 e. The maximum atomic E-state index is 10.4. The van der Waals surface area contributed by atoms with Crippen molar-refractivity contribution >= 4 is 6.41 Å². The summed E-state index contributed by atoms with van der Waals surface area (Å²) in [6, 6.07) is 0.305. The predicted octanol–water partition coefficient (Wildman–Crippen LogP) is -0.937. The molecule has 1 amide bonds. The van der Waals surface area contributed by atoms with Gasteiger partial charge in [-0.1, -0.05) is 0 Å². The van der Waals surface area contributed by atoms with Gasteiger partial charge in [-0.05, 0) is 0 Å². The molecule has 1 rings (SSSR count). The number of carbonyl (C=O) groups excluding carboxylic acids is 1. The maximum absolute atomic E-state index is 10.4. The van der Waals surface area contributed by atoms with Gasteiger partial charge >= 0.3 is 0 Å². The van der Waals surface area contributed by atoms with Crippen molar-refractivity contribution < 1.29 is 9.53 Å². The molecule has 1 heterocycles. The van der Waals surface area contributed by atoms with Crippen LogP contribution in [-0.4, -0.2) is 50.7 Å². The number of hydrogen-bond donors (Lipinski definition) is 1. The van der Waals surface area contributed by atoms with E-state index in [2.05, 4.69) is 5.32 Å². The summed E-state index contributed by atoms with van der Waals surface area (Å²) in [5.41, 5.74) is 0. The smallest absolute Gasteiger partial charge is 0.209 e. The van der Waals surface area contributed by atoms with E-state index in [0.29, 0.717) is 12.6 Å². The molecule has 0 radical (unpaired) electrons. The number of amides is 1. The van der Waals surface area contributed by atoms with Crippen LogP contribution in [-0.2, 0) is 9.53 Å². The Morgan fingerprint density at radius 2 is 2.64 bits per heavy atom. The molecule has 0 saturated carbocycles. The highest BCUT2D eigenvalue weighted by molar-refractivity contribution is 5.47. The van der Waals surface area contributed by atoms with Gasteiger partial charge in [-0.2, -0.15) is 0 Å². The quantitative estimate of drug-likeness (QED) is 0.539. The molecule has 1 N–H and O–H groups in total. The highest BCUT2D eigenvalue weighted by atomic mass is 16.5. The molecule has 1 fully saturated rings. The summed E-state index contributed by atoms with van der Waals surface area (Å²) >= 11 is 0. The lowest BCUT2D eigenvalue weighted by molar-refractivity contribution is -0.119. The third-order valence-electron chi connectivity index (χ3n) is 1.80. The number of nitrogens with one attached hydrogen (secondary N) is 1. The van der Waals surface area contributed by atoms with E-state index in [1.807, 2.05) is 0 Å². The minimum absolute atomic E-state index is 0.305. The van der Waals surface area contributed by atoms with E-state index in [-0.39, 0.29) is 0 Å². The zero-order valence-corrected chi connectivity index (χ0v) is 6.75. The third kappa shape index (κ3) is 2.48. The van der Waals surface area contributed by atoms with Crippen LogP contribution in [0.4, 0.5) is 0 Å². The van der Waals surface area contributed by atoms with Gasteiger partial charge in [-0.3, -0.25) is 4.79 Å². The van der Waals surface area contributed by atoms with Gasteiger partial charge in [0.15, 0.2) is 0 Å². The van der Waals surface area contributed by atoms with Gasteiger partial charge in [0.2, 0.25) is 6.41 Å². The molecule has 0 aliphatic carbocycles. The van der Waals surface area contributed by atoms with E-state index in [1.54, 1.807) is 12.0 Å². The number of ether oxygens (including phenoxy) is 1. The molecular weight excluding hydrogens is 144 g/mol. The van der Waals surface area contributed by atoms with Gasteiger partial charge in [0.1, 0.15) is 0 Å². The fourth-order valence-electron chi connectivity index (χ4n) is 1.26. The molecule has 0 bridgehead atoms. The average Bonchev–Trinajstić information content (AvgIpc) is 2.06. The Kier molecular flexibility index (Phi) is 3.32. The van der Waals surface area contributed by atoms with Crippen LogP contribution in [0, 0.1) is 0 Å². The van der Waals surface area contributed by atoms with Crippen molar-refractivity contribution in [3.05, 3.63) is 0 Å². The van der Waals surface area contributed by atoms with Crippen LogP contribution in [0.1, 0.15) is 0 Å². The second-order valence-corrected chi connectivity index (χ2v) is 2.71. The van der Waals surface area contributed by atoms with Crippen LogP contribution >= 0.6 is 0 Å². The molecular formula is C7H14N2O2. The van der Waals surface area contributed by atoms with E-state index in [4.69, 9.17) is 4.74 Å². The summed E-state index contributed by atoms with van der Waals surface area (Å²) in [6.07, 6.45) is 0.892. The van der Waals surface area contributed by atoms with Crippen molar-refractivity contribution in [1.29, 1.82) is 0 Å². The highest BCUT2D eigenvalue weighted by Crippen LogP contribution is 1.95. The number of carbonyl (C=O) groups is 1. The van der Waals surface area contributed by atoms with E-state index < -0.39 is 0 Å². The van der Waals surface area contributed by atoms with Gasteiger partial charge in [-0.25, -0.2) is 0 Å². The SMILES string of the molecule is COC[C@H]1CN(C=O)CCN1. The van der Waals surface area contributed by atoms with Gasteiger partial charge in [0.05, 0.1) is 6.61 Å². The van der Waals surface area contributed by atoms with Crippen LogP contribution < -0.4 is 5.32 Å². The van der Waals surface area contributed by atoms with Crippen LogP contribution in [0.25, 0.3) is 0 Å². The third-order valence-corrected chi connectivity index (χ3v) is 1.80. The van der Waals surface area contributed by atoms with Crippen molar-refractivity contribution in [3.63, 3.8) is 0 Å². The average molecular weight is 158 g/mol. The number of hydrogen-bond acceptors (Lipinski definition) is 3. The molecule has 4 heteroatoms. The first-order chi connectivity index (χ1) is 5.36. The van der Waals surface area contributed by atoms with Gasteiger partial charge in [-0.15, -0.1) is 0 Å². The molecule has 1 aliphatic heterocycles. The molecule has 0 aromatic carbocycles. The first-order valence-corrected chi connectivity index (χ1v) is 3.78. The zero-order valence-electron chi connectivity index (χ0n) is 6.75. The Bertz CT molecular complexity index is 128. The molecule has 1 saturated heterocycles. The second kappa shape index (κ2) is 4.31. The first kappa shape index (κ1) is 8.49. The molecule has 0 unspecified atom stereocenters. The number of piperazine rings is 1. The summed E-state index contributed by atoms with van der Waals surface area (Å²) in [7, 11) is 1.67. The van der Waals surface area contributed by atoms with Crippen LogP contribution in [0.5, 0.6) is 0 Å². The Morgan fingerprint density at radius 3 is 3.27 bits per heavy atom. The minimum atomic E-state index is 0.305. The molecule has 0 aromatic rings. The molecule has 1 atom stereocenters. The Labute approximate surface area is 66.5 Å². The van der Waals surface area contributed by atoms with Gasteiger partial charge < -0.3 is 15.0 Å². The van der Waals surface area contributed by atoms with E-state index in [0.717, 1.165) is 26.0 Å². The Balaban J connectivity index is 2.27. The number of nitrogens with zero attached hydrogens (tertiary/aromatic N) is 1. The van der Waals surface area contributed by atoms with Crippen molar-refractivity contribution in [2.45, 2.75) is 6.04 Å². The van der Waals surface area contributed by atoms with Crippen molar-refractivity contribution in [3.8, 4) is 0 Å². The Morgan fingerprint density at radius 1 is 1.82 bits per heavy atom. The monoisotopic (exact) mass is 158 g/mol. The summed E-state index contributed by atoms with van der Waals surface area (Å²) in [5.74, 6) is 0. The van der Waals surface area contributed by atoms with Crippen molar-refractivity contribution in [2.24, 2.45) is 0 Å². The van der Waals surface area contributed by atoms with Crippen molar-refractivity contribution in [2.75, 3.05) is 33.4 Å². The lowest BCUT2D eigenvalue weighted by atomic mass is 10.2. The lowest BCUT2D eigenvalue weighted by Gasteiger charge is -2.30. The lowest BCUT2D eigenvalue weighted by Crippen LogP contribution is -2.51. The van der Waals surface area contributed by atoms with Gasteiger partial charge in [0, 0.05) is 32.8 Å². The standard InChI is InChI=1S/C7H14N2O2/c1-11-5-7-4-9(6-10)3-2-8-7/h6-8H,2-5H2,1H3/t7-/m1/s1. The summed E-state index contributed by atoms with van der Waals surface area (Å²) < 4.78 is 4.97. The van der Waals surface area contributed by atoms with E-state index in [9.17, 15) is 4.79 Å². The minimum Gasteiger partial charge on any atom is -0.383 e. The number of rotatable bonds is 3. The summed E-state index contributed by atoms with van der Waals surface area (Å²) in [6.45, 7) is 3.11. The fraction of sp³-hybridized carbons (Fsp3) is 0.857. The summed E-state index contributed by atoms with van der Waals surface area (Å²) in [5, 5.41) is 3.26. The number of methoxy groups -OCH3 is 1. The highest BCUT2D eigenvalue weighted by Gasteiger charge is 2.16. The molecule has 64 valence electrons. The van der Waals surface area contributed by atoms with Gasteiger partial charge in [0.25, 0.3) is 0 Å². The van der Waals surface area contributed by atoms with Crippen molar-refractivity contribution in [1.82, 2.24) is 10.2 Å². The van der Waals surface area contributed by atoms with Crippen LogP contribution in [0.15, 0.2) is 0 Å². The summed E-state index contributed by atoms with van der Waals surface area (Å²) in [4.78, 5) is 12.1. The Hall–Kier alpha value is -0.610. The zero-order chi connectivity index (χ0) is 8.10. The van der Waals surface area contributed by atoms with E-state index in [1.165, 1.54) is 0 Å². The molecule has 4 nitrogen and oxygen atoms in total. The van der Waals surface area contributed by atoms with Crippen LogP contribution in [0.3, 0.4) is 0 Å². The second-order valence-electron chi connectivity index (χ2n) is 2.71. The molecule has 1 aliphatic rings. The van der Waals surface area contributed by atoms with Crippen LogP contribution in [0.2, 0.25) is 0 Å². The predicted molar refractivity (Wildman–Crippen MR) is 41.3 cm³/mol. The maximum Gasteiger partial charge on any atom is 0.209 e. The molecule has 11 heavy (non-hydrogen) atoms. The topological polar surface area (TPSA) is 41.6 Å². The van der Waals surface area contributed by atoms with E-state index >= 15 is 0 Å².